The molecule has 0 heterocycles. The monoisotopic (exact) mass is 251 g/mol. The number of carboxylic acid groups (broad SMARTS) is 1. The van der Waals surface area contributed by atoms with Gasteiger partial charge >= 0.3 is 5.97 Å². The maximum Gasteiger partial charge on any atom is 0.362 e. The van der Waals surface area contributed by atoms with E-state index in [9.17, 15) is 14.7 Å². The molecule has 0 aliphatic rings. The topological polar surface area (TPSA) is 75.6 Å². The zero-order chi connectivity index (χ0) is 13.6. The average Bonchev–Trinajstić information content (AvgIpc) is 2.35. The molecule has 18 heavy (non-hydrogen) atoms. The molecular weight excluding hydrogens is 234 g/mol. The zero-order valence-electron chi connectivity index (χ0n) is 10.4. The molecule has 0 spiro atoms. The Balaban J connectivity index is 3.13. The summed E-state index contributed by atoms with van der Waals surface area (Å²) in [4.78, 5) is 22.2. The van der Waals surface area contributed by atoms with Crippen molar-refractivity contribution in [3.05, 3.63) is 35.9 Å². The number of ether oxygens (including phenoxy) is 1. The van der Waals surface area contributed by atoms with Crippen molar-refractivity contribution in [3.8, 4) is 0 Å². The summed E-state index contributed by atoms with van der Waals surface area (Å²) in [7, 11) is 0. The molecule has 98 valence electrons. The van der Waals surface area contributed by atoms with Gasteiger partial charge in [-0.2, -0.15) is 0 Å². The third-order valence-corrected chi connectivity index (χ3v) is 2.38. The third kappa shape index (κ3) is 3.07. The number of aliphatic carboxylic acids is 1. The summed E-state index contributed by atoms with van der Waals surface area (Å²) in [5.74, 6) is -1.10. The van der Waals surface area contributed by atoms with E-state index in [1.54, 1.807) is 30.3 Å². The number of carboxylic acids is 1. The van der Waals surface area contributed by atoms with E-state index in [2.05, 4.69) is 5.32 Å². The Labute approximate surface area is 106 Å². The van der Waals surface area contributed by atoms with E-state index in [4.69, 9.17) is 4.74 Å². The molecule has 5 heteroatoms. The highest BCUT2D eigenvalue weighted by Crippen LogP contribution is 2.23. The van der Waals surface area contributed by atoms with Crippen molar-refractivity contribution in [1.29, 1.82) is 0 Å². The molecule has 5 nitrogen and oxygen atoms in total. The van der Waals surface area contributed by atoms with Crippen LogP contribution < -0.4 is 5.32 Å². The van der Waals surface area contributed by atoms with Gasteiger partial charge in [0.1, 0.15) is 0 Å². The lowest BCUT2D eigenvalue weighted by Crippen LogP contribution is -2.51. The van der Waals surface area contributed by atoms with Crippen LogP contribution in [0.4, 0.5) is 0 Å². The fourth-order valence-corrected chi connectivity index (χ4v) is 1.50. The van der Waals surface area contributed by atoms with Crippen molar-refractivity contribution >= 4 is 12.4 Å². The maximum absolute atomic E-state index is 11.5. The van der Waals surface area contributed by atoms with Gasteiger partial charge in [0.25, 0.3) is 5.72 Å². The van der Waals surface area contributed by atoms with Gasteiger partial charge in [0, 0.05) is 5.56 Å². The summed E-state index contributed by atoms with van der Waals surface area (Å²) in [6, 6.07) is 8.35. The van der Waals surface area contributed by atoms with Crippen LogP contribution >= 0.6 is 0 Å². The molecule has 0 fully saturated rings. The molecule has 1 atom stereocenters. The maximum atomic E-state index is 11.5. The largest absolute Gasteiger partial charge is 0.477 e. The molecule has 0 aliphatic heterocycles. The lowest BCUT2D eigenvalue weighted by Gasteiger charge is -2.30. The number of benzene rings is 1. The Kier molecular flexibility index (Phi) is 4.85. The molecule has 1 rings (SSSR count). The normalized spacial score (nSPS) is 13.9. The van der Waals surface area contributed by atoms with E-state index in [1.165, 1.54) is 0 Å². The van der Waals surface area contributed by atoms with Gasteiger partial charge in [-0.3, -0.25) is 4.79 Å². The van der Waals surface area contributed by atoms with Crippen molar-refractivity contribution < 1.29 is 19.4 Å². The summed E-state index contributed by atoms with van der Waals surface area (Å²) in [5.41, 5.74) is -1.45. The Hall–Kier alpha value is -1.88. The van der Waals surface area contributed by atoms with E-state index >= 15 is 0 Å². The zero-order valence-corrected chi connectivity index (χ0v) is 10.4. The molecule has 0 saturated carbocycles. The van der Waals surface area contributed by atoms with Gasteiger partial charge in [0.2, 0.25) is 6.41 Å². The predicted molar refractivity (Wildman–Crippen MR) is 65.7 cm³/mol. The molecule has 1 unspecified atom stereocenters. The van der Waals surface area contributed by atoms with Crippen LogP contribution in [-0.4, -0.2) is 24.1 Å². The number of nitrogens with one attached hydrogen (secondary N) is 1. The molecule has 0 saturated heterocycles. The molecule has 0 aliphatic carbocycles. The molecule has 1 aromatic rings. The second kappa shape index (κ2) is 6.16. The first-order valence-corrected chi connectivity index (χ1v) is 5.67. The smallest absolute Gasteiger partial charge is 0.362 e. The van der Waals surface area contributed by atoms with E-state index in [0.29, 0.717) is 12.0 Å². The Morgan fingerprint density at radius 3 is 2.50 bits per heavy atom. The van der Waals surface area contributed by atoms with Gasteiger partial charge in [0.15, 0.2) is 0 Å². The minimum atomic E-state index is -1.83. The lowest BCUT2D eigenvalue weighted by atomic mass is 10.0. The van der Waals surface area contributed by atoms with Gasteiger partial charge in [-0.1, -0.05) is 44.2 Å². The highest BCUT2D eigenvalue weighted by molar-refractivity contribution is 5.81. The number of carbonyl (C=O) groups is 2. The molecule has 2 N–H and O–H groups in total. The number of hydrogen-bond donors (Lipinski definition) is 2. The fraction of sp³-hybridized carbons (Fsp3) is 0.385. The predicted octanol–water partition coefficient (Wildman–Crippen LogP) is 1.34. The van der Waals surface area contributed by atoms with E-state index in [1.807, 2.05) is 13.8 Å². The summed E-state index contributed by atoms with van der Waals surface area (Å²) in [5, 5.41) is 11.6. The van der Waals surface area contributed by atoms with E-state index < -0.39 is 11.7 Å². The van der Waals surface area contributed by atoms with Gasteiger partial charge in [-0.15, -0.1) is 0 Å². The number of amides is 1. The summed E-state index contributed by atoms with van der Waals surface area (Å²) in [6.07, 6.45) is 0.335. The molecule has 0 aromatic heterocycles. The summed E-state index contributed by atoms with van der Waals surface area (Å²) < 4.78 is 5.44. The third-order valence-electron chi connectivity index (χ3n) is 2.38. The Morgan fingerprint density at radius 2 is 2.06 bits per heavy atom. The van der Waals surface area contributed by atoms with Crippen LogP contribution in [0.5, 0.6) is 0 Å². The van der Waals surface area contributed by atoms with Crippen LogP contribution in [0.15, 0.2) is 30.3 Å². The van der Waals surface area contributed by atoms with Gasteiger partial charge in [0.05, 0.1) is 6.61 Å². The second-order valence-corrected chi connectivity index (χ2v) is 4.32. The van der Waals surface area contributed by atoms with Crippen molar-refractivity contribution in [3.63, 3.8) is 0 Å². The number of hydrogen-bond acceptors (Lipinski definition) is 3. The highest BCUT2D eigenvalue weighted by Gasteiger charge is 2.41. The first-order valence-electron chi connectivity index (χ1n) is 5.67. The van der Waals surface area contributed by atoms with Gasteiger partial charge in [-0.05, 0) is 5.92 Å². The number of carbonyl (C=O) groups excluding carboxylic acids is 1. The molecular formula is C13H17NO4. The Morgan fingerprint density at radius 1 is 1.44 bits per heavy atom. The molecule has 1 aromatic carbocycles. The Bertz CT molecular complexity index is 405. The van der Waals surface area contributed by atoms with E-state index in [0.717, 1.165) is 0 Å². The lowest BCUT2D eigenvalue weighted by molar-refractivity contribution is -0.176. The van der Waals surface area contributed by atoms with Crippen LogP contribution in [0.1, 0.15) is 19.4 Å². The second-order valence-electron chi connectivity index (χ2n) is 4.32. The van der Waals surface area contributed by atoms with Crippen molar-refractivity contribution in [2.75, 3.05) is 6.61 Å². The average molecular weight is 251 g/mol. The van der Waals surface area contributed by atoms with Crippen LogP contribution in [0.2, 0.25) is 0 Å². The minimum absolute atomic E-state index is 0.154. The summed E-state index contributed by atoms with van der Waals surface area (Å²) in [6.45, 7) is 4.03. The molecule has 0 radical (unpaired) electrons. The highest BCUT2D eigenvalue weighted by atomic mass is 16.5. The molecule has 0 bridgehead atoms. The van der Waals surface area contributed by atoms with Crippen molar-refractivity contribution in [2.24, 2.45) is 5.92 Å². The van der Waals surface area contributed by atoms with Crippen molar-refractivity contribution in [2.45, 2.75) is 19.6 Å². The first kappa shape index (κ1) is 14.2. The summed E-state index contributed by atoms with van der Waals surface area (Å²) >= 11 is 0. The van der Waals surface area contributed by atoms with Gasteiger partial charge in [-0.25, -0.2) is 4.79 Å². The number of rotatable bonds is 7. The van der Waals surface area contributed by atoms with Gasteiger partial charge < -0.3 is 15.2 Å². The fourth-order valence-electron chi connectivity index (χ4n) is 1.50. The molecule has 1 amide bonds. The van der Waals surface area contributed by atoms with Crippen LogP contribution in [0, 0.1) is 5.92 Å². The van der Waals surface area contributed by atoms with E-state index in [-0.39, 0.29) is 12.5 Å². The quantitative estimate of drug-likeness (QED) is 0.566. The first-order chi connectivity index (χ1) is 8.53. The van der Waals surface area contributed by atoms with Crippen LogP contribution in [0.25, 0.3) is 0 Å². The van der Waals surface area contributed by atoms with Crippen molar-refractivity contribution in [1.82, 2.24) is 5.32 Å². The standard InChI is InChI=1S/C13H17NO4/c1-10(2)8-18-13(12(16)17,14-9-15)11-6-4-3-5-7-11/h3-7,9-10H,8H2,1-2H3,(H,14,15)(H,16,17). The van der Waals surface area contributed by atoms with Crippen LogP contribution in [-0.2, 0) is 20.1 Å². The minimum Gasteiger partial charge on any atom is -0.477 e. The SMILES string of the molecule is CC(C)COC(NC=O)(C(=O)O)c1ccccc1. The van der Waals surface area contributed by atoms with Crippen LogP contribution in [0.3, 0.4) is 0 Å².